The fourth-order valence-electron chi connectivity index (χ4n) is 1.42. The van der Waals surface area contributed by atoms with Crippen molar-refractivity contribution < 1.29 is 4.39 Å². The van der Waals surface area contributed by atoms with Crippen LogP contribution in [-0.2, 0) is 6.54 Å². The molecule has 0 aromatic heterocycles. The zero-order chi connectivity index (χ0) is 12.0. The molecule has 0 amide bonds. The standard InChI is InChI=1S/C13H15BrFN/c1-3-5-12(4-2)16-9-10-6-7-11(14)8-13(10)15/h1,6-8,12,16H,4-5,9H2,2H3. The Bertz CT molecular complexity index is 384. The summed E-state index contributed by atoms with van der Waals surface area (Å²) < 4.78 is 14.2. The molecule has 0 saturated heterocycles. The minimum Gasteiger partial charge on any atom is -0.309 e. The molecule has 1 nitrogen and oxygen atoms in total. The predicted molar refractivity (Wildman–Crippen MR) is 68.5 cm³/mol. The van der Waals surface area contributed by atoms with Gasteiger partial charge in [-0.1, -0.05) is 28.9 Å². The minimum absolute atomic E-state index is 0.197. The largest absolute Gasteiger partial charge is 0.309 e. The van der Waals surface area contributed by atoms with Crippen molar-refractivity contribution in [3.05, 3.63) is 34.1 Å². The quantitative estimate of drug-likeness (QED) is 0.816. The average molecular weight is 284 g/mol. The SMILES string of the molecule is C#CCC(CC)NCc1ccc(Br)cc1F. The lowest BCUT2D eigenvalue weighted by atomic mass is 10.1. The van der Waals surface area contributed by atoms with E-state index in [1.54, 1.807) is 6.07 Å². The Morgan fingerprint density at radius 2 is 2.31 bits per heavy atom. The summed E-state index contributed by atoms with van der Waals surface area (Å²) in [7, 11) is 0. The van der Waals surface area contributed by atoms with E-state index in [1.807, 2.05) is 6.07 Å². The highest BCUT2D eigenvalue weighted by Crippen LogP contribution is 2.15. The summed E-state index contributed by atoms with van der Waals surface area (Å²) in [4.78, 5) is 0. The predicted octanol–water partition coefficient (Wildman–Crippen LogP) is 3.48. The molecule has 0 saturated carbocycles. The second-order valence-electron chi connectivity index (χ2n) is 3.63. The summed E-state index contributed by atoms with van der Waals surface area (Å²) in [5.41, 5.74) is 0.665. The van der Waals surface area contributed by atoms with Crippen molar-refractivity contribution >= 4 is 15.9 Å². The number of halogens is 2. The Morgan fingerprint density at radius 1 is 1.56 bits per heavy atom. The van der Waals surface area contributed by atoms with Gasteiger partial charge in [0, 0.05) is 29.0 Å². The van der Waals surface area contributed by atoms with Crippen LogP contribution in [0.4, 0.5) is 4.39 Å². The number of hydrogen-bond acceptors (Lipinski definition) is 1. The van der Waals surface area contributed by atoms with Gasteiger partial charge in [-0.05, 0) is 18.6 Å². The van der Waals surface area contributed by atoms with E-state index in [-0.39, 0.29) is 11.9 Å². The molecular formula is C13H15BrFN. The van der Waals surface area contributed by atoms with Crippen molar-refractivity contribution in [3.8, 4) is 12.3 Å². The Kier molecular flexibility index (Phi) is 5.51. The van der Waals surface area contributed by atoms with Gasteiger partial charge < -0.3 is 5.32 Å². The maximum absolute atomic E-state index is 13.5. The van der Waals surface area contributed by atoms with Crippen LogP contribution in [0.25, 0.3) is 0 Å². The Morgan fingerprint density at radius 3 is 2.88 bits per heavy atom. The third-order valence-electron chi connectivity index (χ3n) is 2.45. The first-order valence-corrected chi connectivity index (χ1v) is 6.07. The molecule has 86 valence electrons. The Labute approximate surface area is 105 Å². The molecule has 1 N–H and O–H groups in total. The fraction of sp³-hybridized carbons (Fsp3) is 0.385. The number of terminal acetylenes is 1. The number of benzene rings is 1. The smallest absolute Gasteiger partial charge is 0.128 e. The summed E-state index contributed by atoms with van der Waals surface area (Å²) in [6.45, 7) is 2.58. The van der Waals surface area contributed by atoms with E-state index in [2.05, 4.69) is 34.1 Å². The van der Waals surface area contributed by atoms with Crippen LogP contribution < -0.4 is 5.32 Å². The highest BCUT2D eigenvalue weighted by atomic mass is 79.9. The maximum Gasteiger partial charge on any atom is 0.128 e. The molecule has 0 fully saturated rings. The molecule has 1 aromatic carbocycles. The van der Waals surface area contributed by atoms with Crippen LogP contribution in [0.2, 0.25) is 0 Å². The van der Waals surface area contributed by atoms with E-state index in [4.69, 9.17) is 6.42 Å². The first-order valence-electron chi connectivity index (χ1n) is 5.28. The zero-order valence-electron chi connectivity index (χ0n) is 9.26. The maximum atomic E-state index is 13.5. The van der Waals surface area contributed by atoms with Crippen LogP contribution >= 0.6 is 15.9 Å². The van der Waals surface area contributed by atoms with E-state index in [0.29, 0.717) is 18.5 Å². The first-order chi connectivity index (χ1) is 7.67. The van der Waals surface area contributed by atoms with Crippen LogP contribution in [0.5, 0.6) is 0 Å². The number of hydrogen-bond donors (Lipinski definition) is 1. The summed E-state index contributed by atoms with van der Waals surface area (Å²) in [6, 6.07) is 5.34. The third kappa shape index (κ3) is 3.96. The first kappa shape index (κ1) is 13.2. The lowest BCUT2D eigenvalue weighted by molar-refractivity contribution is 0.494. The molecule has 0 aliphatic heterocycles. The van der Waals surface area contributed by atoms with Crippen LogP contribution in [-0.4, -0.2) is 6.04 Å². The normalized spacial score (nSPS) is 12.1. The van der Waals surface area contributed by atoms with Crippen molar-refractivity contribution in [1.82, 2.24) is 5.32 Å². The van der Waals surface area contributed by atoms with E-state index >= 15 is 0 Å². The highest BCUT2D eigenvalue weighted by molar-refractivity contribution is 9.10. The number of rotatable bonds is 5. The molecule has 1 atom stereocenters. The molecule has 1 unspecified atom stereocenters. The molecule has 0 radical (unpaired) electrons. The molecule has 1 aromatic rings. The topological polar surface area (TPSA) is 12.0 Å². The zero-order valence-corrected chi connectivity index (χ0v) is 10.8. The molecule has 0 heterocycles. The van der Waals surface area contributed by atoms with E-state index in [9.17, 15) is 4.39 Å². The molecule has 0 aliphatic carbocycles. The van der Waals surface area contributed by atoms with Crippen LogP contribution in [0.3, 0.4) is 0 Å². The second-order valence-corrected chi connectivity index (χ2v) is 4.55. The van der Waals surface area contributed by atoms with E-state index < -0.39 is 0 Å². The number of nitrogens with one attached hydrogen (secondary N) is 1. The van der Waals surface area contributed by atoms with Gasteiger partial charge in [0.25, 0.3) is 0 Å². The van der Waals surface area contributed by atoms with Crippen molar-refractivity contribution in [2.75, 3.05) is 0 Å². The summed E-state index contributed by atoms with van der Waals surface area (Å²) in [5.74, 6) is 2.42. The van der Waals surface area contributed by atoms with Gasteiger partial charge in [-0.3, -0.25) is 0 Å². The Hall–Kier alpha value is -0.850. The van der Waals surface area contributed by atoms with Gasteiger partial charge >= 0.3 is 0 Å². The van der Waals surface area contributed by atoms with Crippen molar-refractivity contribution in [1.29, 1.82) is 0 Å². The molecule has 1 rings (SSSR count). The monoisotopic (exact) mass is 283 g/mol. The molecule has 16 heavy (non-hydrogen) atoms. The Balaban J connectivity index is 2.57. The van der Waals surface area contributed by atoms with E-state index in [0.717, 1.165) is 10.9 Å². The van der Waals surface area contributed by atoms with Crippen LogP contribution in [0.15, 0.2) is 22.7 Å². The van der Waals surface area contributed by atoms with Gasteiger partial charge in [0.1, 0.15) is 5.82 Å². The fourth-order valence-corrected chi connectivity index (χ4v) is 1.76. The highest BCUT2D eigenvalue weighted by Gasteiger charge is 2.06. The van der Waals surface area contributed by atoms with Gasteiger partial charge in [-0.15, -0.1) is 12.3 Å². The van der Waals surface area contributed by atoms with Gasteiger partial charge in [0.15, 0.2) is 0 Å². The van der Waals surface area contributed by atoms with E-state index in [1.165, 1.54) is 6.07 Å². The summed E-state index contributed by atoms with van der Waals surface area (Å²) in [5, 5.41) is 3.25. The lowest BCUT2D eigenvalue weighted by Crippen LogP contribution is -2.27. The molecule has 0 spiro atoms. The van der Waals surface area contributed by atoms with Crippen molar-refractivity contribution in [2.24, 2.45) is 0 Å². The summed E-state index contributed by atoms with van der Waals surface area (Å²) >= 11 is 3.23. The van der Waals surface area contributed by atoms with Crippen LogP contribution in [0.1, 0.15) is 25.3 Å². The lowest BCUT2D eigenvalue weighted by Gasteiger charge is -2.14. The minimum atomic E-state index is -0.197. The molecule has 0 aliphatic rings. The molecular weight excluding hydrogens is 269 g/mol. The second kappa shape index (κ2) is 6.67. The van der Waals surface area contributed by atoms with Crippen molar-refractivity contribution in [2.45, 2.75) is 32.4 Å². The van der Waals surface area contributed by atoms with Gasteiger partial charge in [0.2, 0.25) is 0 Å². The van der Waals surface area contributed by atoms with Gasteiger partial charge in [-0.25, -0.2) is 4.39 Å². The van der Waals surface area contributed by atoms with Gasteiger partial charge in [-0.2, -0.15) is 0 Å². The summed E-state index contributed by atoms with van der Waals surface area (Å²) in [6.07, 6.45) is 6.88. The average Bonchev–Trinajstić information content (AvgIpc) is 2.26. The van der Waals surface area contributed by atoms with Crippen molar-refractivity contribution in [3.63, 3.8) is 0 Å². The molecule has 0 bridgehead atoms. The third-order valence-corrected chi connectivity index (χ3v) is 2.95. The molecule has 3 heteroatoms. The van der Waals surface area contributed by atoms with Gasteiger partial charge in [0.05, 0.1) is 0 Å². The van der Waals surface area contributed by atoms with Crippen LogP contribution in [0, 0.1) is 18.2 Å².